The number of para-hydroxylation sites is 1. The van der Waals surface area contributed by atoms with Gasteiger partial charge in [0.05, 0.1) is 19.2 Å². The van der Waals surface area contributed by atoms with Crippen molar-refractivity contribution in [2.24, 2.45) is 11.7 Å². The van der Waals surface area contributed by atoms with E-state index in [4.69, 9.17) is 15.2 Å². The van der Waals surface area contributed by atoms with Crippen molar-refractivity contribution < 1.29 is 14.3 Å². The molecule has 2 atom stereocenters. The van der Waals surface area contributed by atoms with Crippen LogP contribution in [0.1, 0.15) is 37.3 Å². The number of methoxy groups -OCH3 is 1. The molecule has 2 heterocycles. The summed E-state index contributed by atoms with van der Waals surface area (Å²) in [5, 5.41) is 3.10. The van der Waals surface area contributed by atoms with Crippen molar-refractivity contribution in [3.8, 4) is 5.75 Å². The number of benzene rings is 1. The number of likely N-dealkylation sites (tertiary alicyclic amines) is 1. The van der Waals surface area contributed by atoms with E-state index in [1.54, 1.807) is 7.11 Å². The second-order valence-electron chi connectivity index (χ2n) is 7.22. The van der Waals surface area contributed by atoms with Gasteiger partial charge in [-0.2, -0.15) is 0 Å². The molecule has 3 rings (SSSR count). The van der Waals surface area contributed by atoms with E-state index >= 15 is 0 Å². The van der Waals surface area contributed by atoms with E-state index in [-0.39, 0.29) is 17.9 Å². The second kappa shape index (κ2) is 9.35. The first-order valence-electron chi connectivity index (χ1n) is 9.68. The number of amides is 1. The van der Waals surface area contributed by atoms with Gasteiger partial charge in [0.15, 0.2) is 0 Å². The molecule has 0 spiro atoms. The lowest BCUT2D eigenvalue weighted by Crippen LogP contribution is -2.49. The first-order chi connectivity index (χ1) is 12.7. The highest BCUT2D eigenvalue weighted by molar-refractivity contribution is 5.81. The predicted octanol–water partition coefficient (Wildman–Crippen LogP) is 1.70. The molecule has 2 unspecified atom stereocenters. The summed E-state index contributed by atoms with van der Waals surface area (Å²) in [6.45, 7) is 4.04. The number of nitrogens with zero attached hydrogens (tertiary/aromatic N) is 1. The van der Waals surface area contributed by atoms with Gasteiger partial charge in [-0.3, -0.25) is 9.69 Å². The second-order valence-corrected chi connectivity index (χ2v) is 7.22. The van der Waals surface area contributed by atoms with Crippen LogP contribution in [0, 0.1) is 5.92 Å². The quantitative estimate of drug-likeness (QED) is 0.773. The van der Waals surface area contributed by atoms with E-state index in [2.05, 4.69) is 16.3 Å². The largest absolute Gasteiger partial charge is 0.496 e. The van der Waals surface area contributed by atoms with Crippen LogP contribution < -0.4 is 15.8 Å². The summed E-state index contributed by atoms with van der Waals surface area (Å²) in [5.41, 5.74) is 7.34. The van der Waals surface area contributed by atoms with E-state index in [9.17, 15) is 4.79 Å². The molecule has 2 aliphatic rings. The van der Waals surface area contributed by atoms with Gasteiger partial charge in [-0.1, -0.05) is 18.2 Å². The molecule has 0 aromatic heterocycles. The molecule has 1 aromatic rings. The Morgan fingerprint density at radius 3 is 2.69 bits per heavy atom. The number of ether oxygens (including phenoxy) is 2. The summed E-state index contributed by atoms with van der Waals surface area (Å²) in [7, 11) is 1.69. The number of nitrogens with two attached hydrogens (primary N) is 1. The predicted molar refractivity (Wildman–Crippen MR) is 101 cm³/mol. The zero-order valence-corrected chi connectivity index (χ0v) is 15.7. The van der Waals surface area contributed by atoms with Crippen LogP contribution in [0.15, 0.2) is 24.3 Å². The Hall–Kier alpha value is -1.63. The third-order valence-electron chi connectivity index (χ3n) is 5.63. The van der Waals surface area contributed by atoms with Gasteiger partial charge in [-0.05, 0) is 50.8 Å². The zero-order chi connectivity index (χ0) is 18.4. The minimum absolute atomic E-state index is 0.0593. The Bertz CT molecular complexity index is 583. The van der Waals surface area contributed by atoms with Crippen molar-refractivity contribution in [3.63, 3.8) is 0 Å². The van der Waals surface area contributed by atoms with Crippen LogP contribution in [0.4, 0.5) is 0 Å². The number of nitrogens with one attached hydrogen (secondary N) is 1. The van der Waals surface area contributed by atoms with E-state index < -0.39 is 6.04 Å². The SMILES string of the molecule is COc1ccccc1C(CNC(=O)C(N)C1CCOCC1)N1CCCC1. The minimum atomic E-state index is -0.462. The molecule has 144 valence electrons. The average molecular weight is 361 g/mol. The lowest BCUT2D eigenvalue weighted by molar-refractivity contribution is -0.124. The Balaban J connectivity index is 1.67. The van der Waals surface area contributed by atoms with E-state index in [1.807, 2.05) is 18.2 Å². The van der Waals surface area contributed by atoms with Crippen molar-refractivity contribution in [1.82, 2.24) is 10.2 Å². The standard InChI is InChI=1S/C20H31N3O3/c1-25-18-7-3-2-6-16(18)17(23-10-4-5-11-23)14-22-20(24)19(21)15-8-12-26-13-9-15/h2-3,6-7,15,17,19H,4-5,8-14,21H2,1H3,(H,22,24). The normalized spacial score (nSPS) is 21.3. The van der Waals surface area contributed by atoms with Crippen LogP contribution in [0.2, 0.25) is 0 Å². The summed E-state index contributed by atoms with van der Waals surface area (Å²) in [6.07, 6.45) is 4.11. The molecule has 3 N–H and O–H groups in total. The van der Waals surface area contributed by atoms with Crippen molar-refractivity contribution in [3.05, 3.63) is 29.8 Å². The molecule has 6 nitrogen and oxygen atoms in total. The first kappa shape index (κ1) is 19.1. The molecular weight excluding hydrogens is 330 g/mol. The fourth-order valence-corrected chi connectivity index (χ4v) is 4.03. The molecule has 26 heavy (non-hydrogen) atoms. The average Bonchev–Trinajstić information content (AvgIpc) is 3.23. The molecule has 2 fully saturated rings. The minimum Gasteiger partial charge on any atom is -0.496 e. The number of carbonyl (C=O) groups excluding carboxylic acids is 1. The molecule has 0 aliphatic carbocycles. The molecule has 0 radical (unpaired) electrons. The molecular formula is C20H31N3O3. The van der Waals surface area contributed by atoms with Gasteiger partial charge in [0.1, 0.15) is 5.75 Å². The maximum atomic E-state index is 12.6. The van der Waals surface area contributed by atoms with Crippen LogP contribution >= 0.6 is 0 Å². The maximum Gasteiger partial charge on any atom is 0.237 e. The van der Waals surface area contributed by atoms with E-state index in [1.165, 1.54) is 12.8 Å². The molecule has 0 bridgehead atoms. The van der Waals surface area contributed by atoms with Crippen LogP contribution in [-0.2, 0) is 9.53 Å². The summed E-state index contributed by atoms with van der Waals surface area (Å²) in [4.78, 5) is 15.0. The highest BCUT2D eigenvalue weighted by Crippen LogP contribution is 2.31. The van der Waals surface area contributed by atoms with Gasteiger partial charge in [-0.15, -0.1) is 0 Å². The molecule has 1 aromatic carbocycles. The van der Waals surface area contributed by atoms with Gasteiger partial charge in [0, 0.05) is 25.3 Å². The van der Waals surface area contributed by atoms with Crippen molar-refractivity contribution in [2.45, 2.75) is 37.8 Å². The van der Waals surface area contributed by atoms with Crippen LogP contribution in [0.25, 0.3) is 0 Å². The Morgan fingerprint density at radius 2 is 2.00 bits per heavy atom. The number of rotatable bonds is 7. The highest BCUT2D eigenvalue weighted by atomic mass is 16.5. The maximum absolute atomic E-state index is 12.6. The molecule has 0 saturated carbocycles. The fraction of sp³-hybridized carbons (Fsp3) is 0.650. The molecule has 2 aliphatic heterocycles. The lowest BCUT2D eigenvalue weighted by atomic mass is 9.91. The first-order valence-corrected chi connectivity index (χ1v) is 9.68. The van der Waals surface area contributed by atoms with Crippen molar-refractivity contribution in [2.75, 3.05) is 40.0 Å². The Labute approximate surface area is 156 Å². The van der Waals surface area contributed by atoms with Gasteiger partial charge < -0.3 is 20.5 Å². The Morgan fingerprint density at radius 1 is 1.31 bits per heavy atom. The Kier molecular flexibility index (Phi) is 6.88. The van der Waals surface area contributed by atoms with E-state index in [0.29, 0.717) is 19.8 Å². The summed E-state index contributed by atoms with van der Waals surface area (Å²) in [5.74, 6) is 1.02. The number of carbonyl (C=O) groups is 1. The monoisotopic (exact) mass is 361 g/mol. The summed E-state index contributed by atoms with van der Waals surface area (Å²) < 4.78 is 10.9. The molecule has 2 saturated heterocycles. The van der Waals surface area contributed by atoms with Gasteiger partial charge in [0.2, 0.25) is 5.91 Å². The van der Waals surface area contributed by atoms with E-state index in [0.717, 1.165) is 37.2 Å². The number of hydrogen-bond donors (Lipinski definition) is 2. The third kappa shape index (κ3) is 4.55. The summed E-state index contributed by atoms with van der Waals surface area (Å²) >= 11 is 0. The number of hydrogen-bond acceptors (Lipinski definition) is 5. The molecule has 1 amide bonds. The highest BCUT2D eigenvalue weighted by Gasteiger charge is 2.29. The van der Waals surface area contributed by atoms with Crippen LogP contribution in [0.3, 0.4) is 0 Å². The van der Waals surface area contributed by atoms with Gasteiger partial charge in [0.25, 0.3) is 0 Å². The van der Waals surface area contributed by atoms with Crippen LogP contribution in [-0.4, -0.2) is 56.8 Å². The van der Waals surface area contributed by atoms with Gasteiger partial charge in [-0.25, -0.2) is 0 Å². The molecule has 6 heteroatoms. The van der Waals surface area contributed by atoms with Crippen LogP contribution in [0.5, 0.6) is 5.75 Å². The summed E-state index contributed by atoms with van der Waals surface area (Å²) in [6, 6.07) is 7.72. The van der Waals surface area contributed by atoms with Crippen molar-refractivity contribution in [1.29, 1.82) is 0 Å². The lowest BCUT2D eigenvalue weighted by Gasteiger charge is -2.31. The smallest absolute Gasteiger partial charge is 0.237 e. The third-order valence-corrected chi connectivity index (χ3v) is 5.63. The van der Waals surface area contributed by atoms with Gasteiger partial charge >= 0.3 is 0 Å². The zero-order valence-electron chi connectivity index (χ0n) is 15.7. The fourth-order valence-electron chi connectivity index (χ4n) is 4.03. The topological polar surface area (TPSA) is 76.8 Å². The van der Waals surface area contributed by atoms with Crippen molar-refractivity contribution >= 4 is 5.91 Å².